The molecule has 4 N–H and O–H groups in total. The van der Waals surface area contributed by atoms with E-state index in [4.69, 9.17) is 10.5 Å². The predicted molar refractivity (Wildman–Crippen MR) is 92.1 cm³/mol. The number of hydrogen-bond acceptors (Lipinski definition) is 4. The van der Waals surface area contributed by atoms with Crippen molar-refractivity contribution < 1.29 is 14.3 Å². The van der Waals surface area contributed by atoms with Crippen molar-refractivity contribution in [3.63, 3.8) is 0 Å². The second-order valence-electron chi connectivity index (χ2n) is 4.96. The number of benzene rings is 2. The number of rotatable bonds is 6. The second-order valence-corrected chi connectivity index (χ2v) is 4.96. The lowest BCUT2D eigenvalue weighted by Crippen LogP contribution is -2.24. The minimum Gasteiger partial charge on any atom is -0.484 e. The Morgan fingerprint density at radius 3 is 2.54 bits per heavy atom. The van der Waals surface area contributed by atoms with Gasteiger partial charge in [0.2, 0.25) is 0 Å². The third-order valence-electron chi connectivity index (χ3n) is 3.06. The number of carbonyl (C=O) groups excluding carboxylic acids is 2. The Morgan fingerprint density at radius 1 is 1.17 bits per heavy atom. The molecular weight excluding hydrogens is 308 g/mol. The summed E-state index contributed by atoms with van der Waals surface area (Å²) in [5, 5.41) is 6.44. The van der Waals surface area contributed by atoms with E-state index in [1.54, 1.807) is 24.3 Å². The normalized spacial score (nSPS) is 10.4. The molecule has 2 aromatic rings. The van der Waals surface area contributed by atoms with Crippen LogP contribution in [0, 0.1) is 6.92 Å². The summed E-state index contributed by atoms with van der Waals surface area (Å²) in [4.78, 5) is 22.4. The van der Waals surface area contributed by atoms with Crippen molar-refractivity contribution >= 4 is 23.8 Å². The van der Waals surface area contributed by atoms with Gasteiger partial charge in [0.25, 0.3) is 5.91 Å². The molecule has 0 aliphatic carbocycles. The first kappa shape index (κ1) is 17.0. The van der Waals surface area contributed by atoms with Gasteiger partial charge in [-0.25, -0.2) is 10.2 Å². The fourth-order valence-electron chi connectivity index (χ4n) is 1.87. The third kappa shape index (κ3) is 5.45. The van der Waals surface area contributed by atoms with Crippen LogP contribution in [0.4, 0.5) is 10.5 Å². The van der Waals surface area contributed by atoms with E-state index in [0.29, 0.717) is 5.75 Å². The van der Waals surface area contributed by atoms with E-state index in [9.17, 15) is 9.59 Å². The summed E-state index contributed by atoms with van der Waals surface area (Å²) >= 11 is 0. The molecule has 0 unspecified atom stereocenters. The minimum absolute atomic E-state index is 0.0923. The molecule has 2 rings (SSSR count). The van der Waals surface area contributed by atoms with Gasteiger partial charge in [0.15, 0.2) is 6.61 Å². The Labute approximate surface area is 139 Å². The fourth-order valence-corrected chi connectivity index (χ4v) is 1.87. The predicted octanol–water partition coefficient (Wildman–Crippen LogP) is 2.01. The highest BCUT2D eigenvalue weighted by Gasteiger charge is 2.05. The van der Waals surface area contributed by atoms with Gasteiger partial charge in [0.1, 0.15) is 5.75 Å². The van der Waals surface area contributed by atoms with Crippen molar-refractivity contribution in [3.8, 4) is 5.75 Å². The van der Waals surface area contributed by atoms with Crippen LogP contribution < -0.4 is 21.2 Å². The zero-order valence-corrected chi connectivity index (χ0v) is 13.2. The molecule has 0 radical (unpaired) electrons. The van der Waals surface area contributed by atoms with Crippen LogP contribution >= 0.6 is 0 Å². The number of nitrogens with two attached hydrogens (primary N) is 1. The molecule has 0 aromatic heterocycles. The highest BCUT2D eigenvalue weighted by Crippen LogP contribution is 2.14. The van der Waals surface area contributed by atoms with Gasteiger partial charge in [-0.3, -0.25) is 4.79 Å². The second kappa shape index (κ2) is 8.33. The minimum atomic E-state index is -0.731. The van der Waals surface area contributed by atoms with E-state index in [1.807, 2.05) is 31.2 Å². The molecule has 0 aliphatic rings. The van der Waals surface area contributed by atoms with E-state index in [-0.39, 0.29) is 12.5 Å². The molecule has 0 spiro atoms. The molecular formula is C17H18N4O3. The van der Waals surface area contributed by atoms with Crippen LogP contribution in [0.2, 0.25) is 0 Å². The molecule has 3 amide bonds. The number of aryl methyl sites for hydroxylation is 1. The number of amides is 3. The number of urea groups is 1. The quantitative estimate of drug-likeness (QED) is 0.558. The van der Waals surface area contributed by atoms with Gasteiger partial charge in [0.05, 0.1) is 6.21 Å². The molecule has 0 heterocycles. The van der Waals surface area contributed by atoms with E-state index < -0.39 is 6.03 Å². The van der Waals surface area contributed by atoms with Gasteiger partial charge in [0, 0.05) is 5.69 Å². The number of nitrogens with zero attached hydrogens (tertiary/aromatic N) is 1. The number of hydrogen-bond donors (Lipinski definition) is 3. The number of carbonyl (C=O) groups is 2. The first-order valence-corrected chi connectivity index (χ1v) is 7.21. The van der Waals surface area contributed by atoms with Crippen molar-refractivity contribution in [1.82, 2.24) is 5.43 Å². The van der Waals surface area contributed by atoms with Crippen molar-refractivity contribution in [2.75, 3.05) is 11.9 Å². The number of anilines is 1. The van der Waals surface area contributed by atoms with Gasteiger partial charge in [-0.1, -0.05) is 18.2 Å². The maximum Gasteiger partial charge on any atom is 0.332 e. The zero-order valence-electron chi connectivity index (χ0n) is 13.2. The van der Waals surface area contributed by atoms with E-state index in [0.717, 1.165) is 16.8 Å². The molecule has 0 saturated heterocycles. The SMILES string of the molecule is Cc1ccccc1NC(=O)COc1ccc(/C=N/NC(N)=O)cc1. The monoisotopic (exact) mass is 326 g/mol. The Balaban J connectivity index is 1.83. The molecule has 0 bridgehead atoms. The summed E-state index contributed by atoms with van der Waals surface area (Å²) in [5.74, 6) is 0.315. The maximum atomic E-state index is 11.9. The van der Waals surface area contributed by atoms with E-state index in [1.165, 1.54) is 6.21 Å². The number of ether oxygens (including phenoxy) is 1. The van der Waals surface area contributed by atoms with E-state index in [2.05, 4.69) is 15.8 Å². The van der Waals surface area contributed by atoms with Crippen LogP contribution in [0.1, 0.15) is 11.1 Å². The molecule has 2 aromatic carbocycles. The van der Waals surface area contributed by atoms with Gasteiger partial charge in [-0.05, 0) is 48.4 Å². The topological polar surface area (TPSA) is 106 Å². The standard InChI is InChI=1S/C17H18N4O3/c1-12-4-2-3-5-15(12)20-16(22)11-24-14-8-6-13(7-9-14)10-19-21-17(18)23/h2-10H,11H2,1H3,(H,20,22)(H3,18,21,23)/b19-10+. The Hall–Kier alpha value is -3.35. The largest absolute Gasteiger partial charge is 0.484 e. The van der Waals surface area contributed by atoms with E-state index >= 15 is 0 Å². The van der Waals surface area contributed by atoms with Crippen molar-refractivity contribution in [3.05, 3.63) is 59.7 Å². The van der Waals surface area contributed by atoms with Crippen LogP contribution in [0.15, 0.2) is 53.6 Å². The van der Waals surface area contributed by atoms with Crippen molar-refractivity contribution in [2.45, 2.75) is 6.92 Å². The van der Waals surface area contributed by atoms with Crippen LogP contribution in [-0.2, 0) is 4.79 Å². The highest BCUT2D eigenvalue weighted by molar-refractivity contribution is 5.92. The van der Waals surface area contributed by atoms with Gasteiger partial charge < -0.3 is 15.8 Å². The van der Waals surface area contributed by atoms with Gasteiger partial charge >= 0.3 is 6.03 Å². The molecule has 7 nitrogen and oxygen atoms in total. The molecule has 0 saturated carbocycles. The molecule has 0 atom stereocenters. The Bertz CT molecular complexity index is 742. The summed E-state index contributed by atoms with van der Waals surface area (Å²) in [6.45, 7) is 1.83. The molecule has 24 heavy (non-hydrogen) atoms. The van der Waals surface area contributed by atoms with Crippen molar-refractivity contribution in [1.29, 1.82) is 0 Å². The van der Waals surface area contributed by atoms with Gasteiger partial charge in [-0.2, -0.15) is 5.10 Å². The highest BCUT2D eigenvalue weighted by atomic mass is 16.5. The number of para-hydroxylation sites is 1. The Kier molecular flexibility index (Phi) is 5.90. The molecule has 7 heteroatoms. The molecule has 0 fully saturated rings. The van der Waals surface area contributed by atoms with Gasteiger partial charge in [-0.15, -0.1) is 0 Å². The molecule has 0 aliphatic heterocycles. The van der Waals surface area contributed by atoms with Crippen molar-refractivity contribution in [2.24, 2.45) is 10.8 Å². The average Bonchev–Trinajstić information content (AvgIpc) is 2.56. The lowest BCUT2D eigenvalue weighted by atomic mass is 10.2. The van der Waals surface area contributed by atoms with Crippen LogP contribution in [-0.4, -0.2) is 24.8 Å². The lowest BCUT2D eigenvalue weighted by Gasteiger charge is -2.09. The smallest absolute Gasteiger partial charge is 0.332 e. The lowest BCUT2D eigenvalue weighted by molar-refractivity contribution is -0.118. The summed E-state index contributed by atoms with van der Waals surface area (Å²) in [5.41, 5.74) is 9.49. The number of nitrogens with one attached hydrogen (secondary N) is 2. The Morgan fingerprint density at radius 2 is 1.88 bits per heavy atom. The molecule has 124 valence electrons. The first-order chi connectivity index (χ1) is 11.5. The third-order valence-corrected chi connectivity index (χ3v) is 3.06. The summed E-state index contributed by atoms with van der Waals surface area (Å²) in [6, 6.07) is 13.7. The van der Waals surface area contributed by atoms with Crippen LogP contribution in [0.5, 0.6) is 5.75 Å². The number of primary amides is 1. The number of hydrazone groups is 1. The van der Waals surface area contributed by atoms with Crippen LogP contribution in [0.3, 0.4) is 0 Å². The van der Waals surface area contributed by atoms with Crippen LogP contribution in [0.25, 0.3) is 0 Å². The fraction of sp³-hybridized carbons (Fsp3) is 0.118. The summed E-state index contributed by atoms with van der Waals surface area (Å²) < 4.78 is 5.43. The zero-order chi connectivity index (χ0) is 17.4. The summed E-state index contributed by atoms with van der Waals surface area (Å²) in [7, 11) is 0. The summed E-state index contributed by atoms with van der Waals surface area (Å²) in [6.07, 6.45) is 1.44. The maximum absolute atomic E-state index is 11.9. The first-order valence-electron chi connectivity index (χ1n) is 7.21. The average molecular weight is 326 g/mol.